The summed E-state index contributed by atoms with van der Waals surface area (Å²) in [7, 11) is -3.65. The Kier molecular flexibility index (Phi) is 6.70. The topological polar surface area (TPSA) is 72.2 Å². The van der Waals surface area contributed by atoms with E-state index in [9.17, 15) is 12.8 Å². The van der Waals surface area contributed by atoms with Crippen LogP contribution in [-0.2, 0) is 22.9 Å². The zero-order valence-electron chi connectivity index (χ0n) is 14.6. The van der Waals surface area contributed by atoms with Gasteiger partial charge in [-0.25, -0.2) is 17.9 Å². The Morgan fingerprint density at radius 3 is 2.60 bits per heavy atom. The van der Waals surface area contributed by atoms with Crippen LogP contribution < -0.4 is 10.5 Å². The maximum absolute atomic E-state index is 13.3. The number of nitrogens with two attached hydrogens (primary N) is 1. The van der Waals surface area contributed by atoms with Crippen molar-refractivity contribution in [3.63, 3.8) is 0 Å². The first-order valence-corrected chi connectivity index (χ1v) is 9.90. The Bertz CT molecular complexity index is 822. The van der Waals surface area contributed by atoms with Crippen LogP contribution in [0.3, 0.4) is 0 Å². The van der Waals surface area contributed by atoms with E-state index in [1.807, 2.05) is 18.2 Å². The maximum Gasteiger partial charge on any atom is 0.238 e. The minimum atomic E-state index is -3.65. The van der Waals surface area contributed by atoms with Gasteiger partial charge in [0.15, 0.2) is 0 Å². The third-order valence-corrected chi connectivity index (χ3v) is 5.04. The third kappa shape index (κ3) is 6.23. The number of halogens is 1. The zero-order valence-corrected chi connectivity index (χ0v) is 15.4. The summed E-state index contributed by atoms with van der Waals surface area (Å²) >= 11 is 0. The van der Waals surface area contributed by atoms with Crippen LogP contribution in [0.1, 0.15) is 30.0 Å². The van der Waals surface area contributed by atoms with Gasteiger partial charge in [0.25, 0.3) is 0 Å². The lowest BCUT2D eigenvalue weighted by Gasteiger charge is -2.14. The molecule has 2 aromatic rings. The van der Waals surface area contributed by atoms with E-state index in [2.05, 4.69) is 12.2 Å². The molecule has 0 saturated carbocycles. The molecule has 1 unspecified atom stereocenters. The summed E-state index contributed by atoms with van der Waals surface area (Å²) in [6, 6.07) is 12.2. The Morgan fingerprint density at radius 1 is 1.16 bits per heavy atom. The van der Waals surface area contributed by atoms with E-state index in [0.29, 0.717) is 5.56 Å². The molecule has 0 radical (unpaired) electrons. The molecule has 0 aliphatic heterocycles. The first kappa shape index (κ1) is 19.6. The average molecular weight is 364 g/mol. The molecule has 2 rings (SSSR count). The van der Waals surface area contributed by atoms with Gasteiger partial charge in [-0.3, -0.25) is 0 Å². The Hall–Kier alpha value is -1.76. The first-order valence-electron chi connectivity index (χ1n) is 8.36. The van der Waals surface area contributed by atoms with Crippen molar-refractivity contribution in [2.45, 2.75) is 44.0 Å². The van der Waals surface area contributed by atoms with Crippen molar-refractivity contribution in [3.8, 4) is 0 Å². The fourth-order valence-electron chi connectivity index (χ4n) is 2.78. The lowest BCUT2D eigenvalue weighted by atomic mass is 10.0. The molecule has 1 atom stereocenters. The van der Waals surface area contributed by atoms with Crippen molar-refractivity contribution in [2.24, 2.45) is 5.14 Å². The van der Waals surface area contributed by atoms with Crippen molar-refractivity contribution >= 4 is 10.0 Å². The summed E-state index contributed by atoms with van der Waals surface area (Å²) in [4.78, 5) is 0.151. The Morgan fingerprint density at radius 2 is 1.92 bits per heavy atom. The number of sulfonamides is 1. The van der Waals surface area contributed by atoms with E-state index in [0.717, 1.165) is 36.9 Å². The van der Waals surface area contributed by atoms with Crippen LogP contribution in [0.25, 0.3) is 0 Å². The van der Waals surface area contributed by atoms with Gasteiger partial charge in [0.1, 0.15) is 5.82 Å². The van der Waals surface area contributed by atoms with Crippen molar-refractivity contribution in [2.75, 3.05) is 6.54 Å². The van der Waals surface area contributed by atoms with Crippen LogP contribution >= 0.6 is 0 Å². The number of nitrogens with one attached hydrogen (secondary N) is 1. The molecule has 0 saturated heterocycles. The molecule has 0 fully saturated rings. The van der Waals surface area contributed by atoms with E-state index in [1.54, 1.807) is 19.1 Å². The van der Waals surface area contributed by atoms with Crippen LogP contribution in [0.4, 0.5) is 4.39 Å². The highest BCUT2D eigenvalue weighted by Gasteiger charge is 2.08. The van der Waals surface area contributed by atoms with Crippen LogP contribution in [-0.4, -0.2) is 21.0 Å². The number of hydrogen-bond donors (Lipinski definition) is 2. The Labute approximate surface area is 149 Å². The van der Waals surface area contributed by atoms with Crippen molar-refractivity contribution in [3.05, 3.63) is 65.0 Å². The molecule has 2 aromatic carbocycles. The van der Waals surface area contributed by atoms with Gasteiger partial charge >= 0.3 is 0 Å². The van der Waals surface area contributed by atoms with Crippen LogP contribution in [0, 0.1) is 12.7 Å². The molecule has 0 amide bonds. The lowest BCUT2D eigenvalue weighted by molar-refractivity contribution is 0.533. The van der Waals surface area contributed by atoms with Gasteiger partial charge in [-0.2, -0.15) is 0 Å². The van der Waals surface area contributed by atoms with Gasteiger partial charge in [-0.1, -0.05) is 24.3 Å². The van der Waals surface area contributed by atoms with E-state index >= 15 is 0 Å². The molecule has 0 aromatic heterocycles. The Balaban J connectivity index is 1.78. The molecule has 25 heavy (non-hydrogen) atoms. The number of aryl methyl sites for hydroxylation is 2. The molecule has 6 heteroatoms. The fraction of sp³-hybridized carbons (Fsp3) is 0.368. The van der Waals surface area contributed by atoms with Gasteiger partial charge in [0, 0.05) is 6.04 Å². The molecule has 0 spiro atoms. The summed E-state index contributed by atoms with van der Waals surface area (Å²) in [5, 5.41) is 8.59. The molecule has 136 valence electrons. The van der Waals surface area contributed by atoms with Crippen molar-refractivity contribution in [1.82, 2.24) is 5.32 Å². The second-order valence-corrected chi connectivity index (χ2v) is 8.00. The van der Waals surface area contributed by atoms with Crippen molar-refractivity contribution in [1.29, 1.82) is 0 Å². The lowest BCUT2D eigenvalue weighted by Crippen LogP contribution is -2.29. The number of benzene rings is 2. The van der Waals surface area contributed by atoms with Gasteiger partial charge in [-0.05, 0) is 74.5 Å². The molecule has 0 aliphatic carbocycles. The second-order valence-electron chi connectivity index (χ2n) is 6.44. The van der Waals surface area contributed by atoms with Crippen LogP contribution in [0.2, 0.25) is 0 Å². The predicted molar refractivity (Wildman–Crippen MR) is 98.4 cm³/mol. The number of primary sulfonamides is 1. The highest BCUT2D eigenvalue weighted by atomic mass is 32.2. The van der Waals surface area contributed by atoms with Crippen molar-refractivity contribution < 1.29 is 12.8 Å². The SMILES string of the molecule is Cc1cc(CC(C)NCCCc2cccc(S(N)(=O)=O)c2)ccc1F. The standard InChI is InChI=1S/C19H25FN2O2S/c1-14-11-17(8-9-19(14)20)12-15(2)22-10-4-6-16-5-3-7-18(13-16)25(21,23)24/h3,5,7-9,11,13,15,22H,4,6,10,12H2,1-2H3,(H2,21,23,24). The van der Waals surface area contributed by atoms with Crippen LogP contribution in [0.5, 0.6) is 0 Å². The predicted octanol–water partition coefficient (Wildman–Crippen LogP) is 2.93. The monoisotopic (exact) mass is 364 g/mol. The highest BCUT2D eigenvalue weighted by molar-refractivity contribution is 7.89. The largest absolute Gasteiger partial charge is 0.314 e. The average Bonchev–Trinajstić information content (AvgIpc) is 2.55. The summed E-state index contributed by atoms with van der Waals surface area (Å²) < 4.78 is 36.0. The zero-order chi connectivity index (χ0) is 18.4. The summed E-state index contributed by atoms with van der Waals surface area (Å²) in [6.07, 6.45) is 2.50. The molecule has 0 bridgehead atoms. The van der Waals surface area contributed by atoms with E-state index in [-0.39, 0.29) is 16.8 Å². The minimum absolute atomic E-state index is 0.151. The number of rotatable bonds is 8. The van der Waals surface area contributed by atoms with Crippen LogP contribution in [0.15, 0.2) is 47.4 Å². The summed E-state index contributed by atoms with van der Waals surface area (Å²) in [5.74, 6) is -0.175. The maximum atomic E-state index is 13.3. The third-order valence-electron chi connectivity index (χ3n) is 4.13. The van der Waals surface area contributed by atoms with E-state index < -0.39 is 10.0 Å². The minimum Gasteiger partial charge on any atom is -0.314 e. The molecule has 3 N–H and O–H groups in total. The molecule has 4 nitrogen and oxygen atoms in total. The van der Waals surface area contributed by atoms with E-state index in [1.165, 1.54) is 12.1 Å². The quantitative estimate of drug-likeness (QED) is 0.708. The summed E-state index contributed by atoms with van der Waals surface area (Å²) in [5.41, 5.74) is 2.73. The second kappa shape index (κ2) is 8.56. The molecule has 0 aliphatic rings. The summed E-state index contributed by atoms with van der Waals surface area (Å²) in [6.45, 7) is 4.69. The smallest absolute Gasteiger partial charge is 0.238 e. The fourth-order valence-corrected chi connectivity index (χ4v) is 3.36. The van der Waals surface area contributed by atoms with E-state index in [4.69, 9.17) is 5.14 Å². The van der Waals surface area contributed by atoms with Gasteiger partial charge < -0.3 is 5.32 Å². The molecule has 0 heterocycles. The number of hydrogen-bond acceptors (Lipinski definition) is 3. The molecular weight excluding hydrogens is 339 g/mol. The highest BCUT2D eigenvalue weighted by Crippen LogP contribution is 2.12. The normalized spacial score (nSPS) is 13.0. The first-order chi connectivity index (χ1) is 11.8. The van der Waals surface area contributed by atoms with Gasteiger partial charge in [-0.15, -0.1) is 0 Å². The van der Waals surface area contributed by atoms with Gasteiger partial charge in [0.05, 0.1) is 4.90 Å². The van der Waals surface area contributed by atoms with Gasteiger partial charge in [0.2, 0.25) is 10.0 Å². The molecular formula is C19H25FN2O2S.